The molecule has 0 spiro atoms. The summed E-state index contributed by atoms with van der Waals surface area (Å²) < 4.78 is 0. The fourth-order valence-corrected chi connectivity index (χ4v) is 1.47. The van der Waals surface area contributed by atoms with Gasteiger partial charge in [0.05, 0.1) is 0 Å². The van der Waals surface area contributed by atoms with Crippen LogP contribution in [0, 0.1) is 5.92 Å². The lowest BCUT2D eigenvalue weighted by Gasteiger charge is -2.02. The summed E-state index contributed by atoms with van der Waals surface area (Å²) in [6.45, 7) is 0. The third-order valence-corrected chi connectivity index (χ3v) is 2.22. The standard InChI is InChI=1S/C10H13NO/c11-9-4-8(3-7-1-2-7)5-10(12)6-9/h4-7,12H,1-3,11H2. The molecule has 12 heavy (non-hydrogen) atoms. The number of rotatable bonds is 2. The van der Waals surface area contributed by atoms with Crippen LogP contribution in [0.3, 0.4) is 0 Å². The molecule has 0 saturated heterocycles. The highest BCUT2D eigenvalue weighted by atomic mass is 16.3. The van der Waals surface area contributed by atoms with Gasteiger partial charge in [-0.1, -0.05) is 0 Å². The Morgan fingerprint density at radius 1 is 1.33 bits per heavy atom. The predicted molar refractivity (Wildman–Crippen MR) is 48.9 cm³/mol. The van der Waals surface area contributed by atoms with Gasteiger partial charge in [0.1, 0.15) is 5.75 Å². The van der Waals surface area contributed by atoms with Crippen LogP contribution >= 0.6 is 0 Å². The van der Waals surface area contributed by atoms with Gasteiger partial charge in [0.25, 0.3) is 0 Å². The van der Waals surface area contributed by atoms with Crippen molar-refractivity contribution in [2.75, 3.05) is 5.73 Å². The third kappa shape index (κ3) is 1.70. The van der Waals surface area contributed by atoms with Crippen molar-refractivity contribution in [3.8, 4) is 5.75 Å². The first kappa shape index (κ1) is 7.47. The van der Waals surface area contributed by atoms with Crippen LogP contribution in [0.2, 0.25) is 0 Å². The Kier molecular flexibility index (Phi) is 1.68. The molecule has 0 heterocycles. The molecule has 3 N–H and O–H groups in total. The van der Waals surface area contributed by atoms with E-state index in [1.54, 1.807) is 12.1 Å². The van der Waals surface area contributed by atoms with Crippen molar-refractivity contribution in [1.82, 2.24) is 0 Å². The molecule has 0 bridgehead atoms. The van der Waals surface area contributed by atoms with Crippen LogP contribution in [0.25, 0.3) is 0 Å². The maximum absolute atomic E-state index is 9.25. The quantitative estimate of drug-likeness (QED) is 0.654. The zero-order chi connectivity index (χ0) is 8.55. The Labute approximate surface area is 72.0 Å². The van der Waals surface area contributed by atoms with Crippen LogP contribution in [0.4, 0.5) is 5.69 Å². The fourth-order valence-electron chi connectivity index (χ4n) is 1.47. The number of hydrogen-bond donors (Lipinski definition) is 2. The second-order valence-electron chi connectivity index (χ2n) is 3.58. The Hall–Kier alpha value is -1.18. The average Bonchev–Trinajstić information content (AvgIpc) is 2.68. The smallest absolute Gasteiger partial charge is 0.117 e. The summed E-state index contributed by atoms with van der Waals surface area (Å²) >= 11 is 0. The van der Waals surface area contributed by atoms with Crippen LogP contribution < -0.4 is 5.73 Å². The van der Waals surface area contributed by atoms with Gasteiger partial charge in [0.15, 0.2) is 0 Å². The van der Waals surface area contributed by atoms with Crippen molar-refractivity contribution in [3.63, 3.8) is 0 Å². The lowest BCUT2D eigenvalue weighted by molar-refractivity contribution is 0.474. The fraction of sp³-hybridized carbons (Fsp3) is 0.400. The molecule has 0 aliphatic heterocycles. The van der Waals surface area contributed by atoms with Crippen molar-refractivity contribution in [2.45, 2.75) is 19.3 Å². The summed E-state index contributed by atoms with van der Waals surface area (Å²) in [7, 11) is 0. The molecule has 1 aromatic rings. The molecular formula is C10H13NO. The van der Waals surface area contributed by atoms with Crippen molar-refractivity contribution in [1.29, 1.82) is 0 Å². The molecule has 1 aliphatic carbocycles. The Morgan fingerprint density at radius 2 is 2.08 bits per heavy atom. The van der Waals surface area contributed by atoms with E-state index in [1.807, 2.05) is 6.07 Å². The van der Waals surface area contributed by atoms with Gasteiger partial charge in [0.2, 0.25) is 0 Å². The highest BCUT2D eigenvalue weighted by molar-refractivity contribution is 5.47. The number of anilines is 1. The molecule has 1 fully saturated rings. The van der Waals surface area contributed by atoms with Crippen LogP contribution in [-0.2, 0) is 6.42 Å². The molecule has 2 nitrogen and oxygen atoms in total. The van der Waals surface area contributed by atoms with E-state index >= 15 is 0 Å². The van der Waals surface area contributed by atoms with E-state index in [-0.39, 0.29) is 5.75 Å². The van der Waals surface area contributed by atoms with E-state index in [1.165, 1.54) is 12.8 Å². The molecule has 0 radical (unpaired) electrons. The van der Waals surface area contributed by atoms with Crippen molar-refractivity contribution < 1.29 is 5.11 Å². The van der Waals surface area contributed by atoms with Crippen molar-refractivity contribution in [3.05, 3.63) is 23.8 Å². The molecule has 1 aromatic carbocycles. The Morgan fingerprint density at radius 3 is 2.67 bits per heavy atom. The molecule has 64 valence electrons. The van der Waals surface area contributed by atoms with Gasteiger partial charge in [-0.25, -0.2) is 0 Å². The van der Waals surface area contributed by atoms with E-state index in [9.17, 15) is 5.11 Å². The van der Waals surface area contributed by atoms with Crippen molar-refractivity contribution >= 4 is 5.69 Å². The summed E-state index contributed by atoms with van der Waals surface area (Å²) in [5.41, 5.74) is 7.42. The van der Waals surface area contributed by atoms with E-state index in [0.29, 0.717) is 5.69 Å². The maximum atomic E-state index is 9.25. The average molecular weight is 163 g/mol. The zero-order valence-electron chi connectivity index (χ0n) is 6.96. The highest BCUT2D eigenvalue weighted by Crippen LogP contribution is 2.33. The van der Waals surface area contributed by atoms with E-state index in [2.05, 4.69) is 0 Å². The number of aromatic hydroxyl groups is 1. The summed E-state index contributed by atoms with van der Waals surface area (Å²) in [5, 5.41) is 9.25. The summed E-state index contributed by atoms with van der Waals surface area (Å²) in [5.74, 6) is 1.12. The summed E-state index contributed by atoms with van der Waals surface area (Å²) in [6.07, 6.45) is 3.73. The number of phenolic OH excluding ortho intramolecular Hbond substituents is 1. The number of nitrogens with two attached hydrogens (primary N) is 1. The second kappa shape index (κ2) is 2.70. The predicted octanol–water partition coefficient (Wildman–Crippen LogP) is 1.93. The van der Waals surface area contributed by atoms with Gasteiger partial charge in [0, 0.05) is 11.8 Å². The van der Waals surface area contributed by atoms with Gasteiger partial charge in [-0.2, -0.15) is 0 Å². The SMILES string of the molecule is Nc1cc(O)cc(CC2CC2)c1. The number of benzene rings is 1. The minimum atomic E-state index is 0.283. The van der Waals surface area contributed by atoms with Crippen LogP contribution in [0.1, 0.15) is 18.4 Å². The van der Waals surface area contributed by atoms with Crippen LogP contribution in [-0.4, -0.2) is 5.11 Å². The highest BCUT2D eigenvalue weighted by Gasteiger charge is 2.21. The van der Waals surface area contributed by atoms with Gasteiger partial charge in [-0.3, -0.25) is 0 Å². The van der Waals surface area contributed by atoms with Crippen LogP contribution in [0.5, 0.6) is 5.75 Å². The minimum Gasteiger partial charge on any atom is -0.508 e. The molecule has 1 aliphatic rings. The minimum absolute atomic E-state index is 0.283. The first-order valence-corrected chi connectivity index (χ1v) is 4.32. The number of nitrogen functional groups attached to an aromatic ring is 1. The maximum Gasteiger partial charge on any atom is 0.117 e. The van der Waals surface area contributed by atoms with Gasteiger partial charge >= 0.3 is 0 Å². The second-order valence-corrected chi connectivity index (χ2v) is 3.58. The first-order chi connectivity index (χ1) is 5.74. The normalized spacial score (nSPS) is 16.3. The van der Waals surface area contributed by atoms with Crippen molar-refractivity contribution in [2.24, 2.45) is 5.92 Å². The molecule has 2 heteroatoms. The summed E-state index contributed by atoms with van der Waals surface area (Å²) in [6, 6.07) is 5.32. The third-order valence-electron chi connectivity index (χ3n) is 2.22. The molecule has 2 rings (SSSR count). The van der Waals surface area contributed by atoms with Crippen LogP contribution in [0.15, 0.2) is 18.2 Å². The molecular weight excluding hydrogens is 150 g/mol. The molecule has 0 aromatic heterocycles. The summed E-state index contributed by atoms with van der Waals surface area (Å²) in [4.78, 5) is 0. The van der Waals surface area contributed by atoms with E-state index < -0.39 is 0 Å². The number of phenols is 1. The monoisotopic (exact) mass is 163 g/mol. The zero-order valence-corrected chi connectivity index (χ0v) is 6.96. The van der Waals surface area contributed by atoms with E-state index in [4.69, 9.17) is 5.73 Å². The molecule has 1 saturated carbocycles. The first-order valence-electron chi connectivity index (χ1n) is 4.32. The largest absolute Gasteiger partial charge is 0.508 e. The van der Waals surface area contributed by atoms with Gasteiger partial charge < -0.3 is 10.8 Å². The molecule has 0 unspecified atom stereocenters. The topological polar surface area (TPSA) is 46.2 Å². The number of hydrogen-bond acceptors (Lipinski definition) is 2. The molecule has 0 atom stereocenters. The Balaban J connectivity index is 2.18. The van der Waals surface area contributed by atoms with Gasteiger partial charge in [-0.15, -0.1) is 0 Å². The lowest BCUT2D eigenvalue weighted by atomic mass is 10.1. The van der Waals surface area contributed by atoms with Gasteiger partial charge in [-0.05, 0) is 42.9 Å². The lowest BCUT2D eigenvalue weighted by Crippen LogP contribution is -1.90. The Bertz CT molecular complexity index is 272. The van der Waals surface area contributed by atoms with E-state index in [0.717, 1.165) is 17.9 Å². The molecule has 0 amide bonds.